The van der Waals surface area contributed by atoms with Crippen LogP contribution in [0.15, 0.2) is 0 Å². The van der Waals surface area contributed by atoms with E-state index < -0.39 is 18.1 Å². The predicted octanol–water partition coefficient (Wildman–Crippen LogP) is 0.0954. The molecule has 1 aliphatic heterocycles. The Bertz CT molecular complexity index is 123. The minimum atomic E-state index is -4.14. The number of nitrogens with one attached hydrogen (secondary N) is 1. The Morgan fingerprint density at radius 1 is 1.30 bits per heavy atom. The van der Waals surface area contributed by atoms with Gasteiger partial charge in [-0.05, 0) is 0 Å². The Morgan fingerprint density at radius 2 is 1.90 bits per heavy atom. The zero-order valence-corrected chi connectivity index (χ0v) is 5.28. The zero-order valence-electron chi connectivity index (χ0n) is 5.28. The van der Waals surface area contributed by atoms with Gasteiger partial charge in [-0.1, -0.05) is 0 Å². The average Bonchev–Trinajstić information content (AvgIpc) is 2.11. The van der Waals surface area contributed by atoms with Crippen LogP contribution in [0.4, 0.5) is 13.2 Å². The van der Waals surface area contributed by atoms with Crippen molar-refractivity contribution in [1.82, 2.24) is 5.32 Å². The highest BCUT2D eigenvalue weighted by Gasteiger charge is 2.45. The third-order valence-electron chi connectivity index (χ3n) is 1.68. The lowest BCUT2D eigenvalue weighted by molar-refractivity contribution is -0.171. The molecule has 2 nitrogen and oxygen atoms in total. The highest BCUT2D eigenvalue weighted by molar-refractivity contribution is 4.88. The molecule has 1 fully saturated rings. The van der Waals surface area contributed by atoms with Crippen molar-refractivity contribution in [2.45, 2.75) is 12.2 Å². The molecule has 0 amide bonds. The van der Waals surface area contributed by atoms with Gasteiger partial charge in [0, 0.05) is 19.1 Å². The van der Waals surface area contributed by atoms with Crippen molar-refractivity contribution in [3.8, 4) is 0 Å². The van der Waals surface area contributed by atoms with E-state index in [1.165, 1.54) is 0 Å². The summed E-state index contributed by atoms with van der Waals surface area (Å²) in [6.07, 6.45) is -4.14. The molecule has 0 aromatic rings. The second-order valence-electron chi connectivity index (χ2n) is 2.47. The van der Waals surface area contributed by atoms with E-state index in [-0.39, 0.29) is 13.1 Å². The first-order valence-corrected chi connectivity index (χ1v) is 3.05. The standard InChI is InChI=1S/C5H9F3N2/c6-5(7,8)3-1-10-2-4(3)9/h3-4,10H,1-2,9H2/t3-,4+/m1/s1. The highest BCUT2D eigenvalue weighted by atomic mass is 19.4. The van der Waals surface area contributed by atoms with Gasteiger partial charge in [-0.2, -0.15) is 13.2 Å². The van der Waals surface area contributed by atoms with Gasteiger partial charge in [-0.3, -0.25) is 0 Å². The molecule has 1 saturated heterocycles. The van der Waals surface area contributed by atoms with Crippen molar-refractivity contribution in [3.05, 3.63) is 0 Å². The van der Waals surface area contributed by atoms with Crippen LogP contribution in [0.1, 0.15) is 0 Å². The van der Waals surface area contributed by atoms with Gasteiger partial charge in [0.25, 0.3) is 0 Å². The van der Waals surface area contributed by atoms with Gasteiger partial charge in [0.1, 0.15) is 0 Å². The highest BCUT2D eigenvalue weighted by Crippen LogP contribution is 2.29. The second kappa shape index (κ2) is 2.39. The fraction of sp³-hybridized carbons (Fsp3) is 1.00. The first kappa shape index (κ1) is 7.81. The van der Waals surface area contributed by atoms with Gasteiger partial charge < -0.3 is 11.1 Å². The zero-order chi connectivity index (χ0) is 7.78. The van der Waals surface area contributed by atoms with E-state index in [1.54, 1.807) is 0 Å². The van der Waals surface area contributed by atoms with E-state index in [0.29, 0.717) is 0 Å². The molecule has 0 radical (unpaired) electrons. The maximum Gasteiger partial charge on any atom is 0.394 e. The number of rotatable bonds is 0. The minimum absolute atomic E-state index is 0.0370. The average molecular weight is 154 g/mol. The molecule has 0 aliphatic carbocycles. The van der Waals surface area contributed by atoms with Crippen molar-refractivity contribution in [2.75, 3.05) is 13.1 Å². The van der Waals surface area contributed by atoms with E-state index in [1.807, 2.05) is 0 Å². The third-order valence-corrected chi connectivity index (χ3v) is 1.68. The maximum atomic E-state index is 11.9. The lowest BCUT2D eigenvalue weighted by atomic mass is 10.1. The summed E-state index contributed by atoms with van der Waals surface area (Å²) in [5, 5.41) is 2.58. The Hall–Kier alpha value is -0.290. The molecule has 0 unspecified atom stereocenters. The molecule has 2 atom stereocenters. The summed E-state index contributed by atoms with van der Waals surface area (Å²) < 4.78 is 35.7. The van der Waals surface area contributed by atoms with Gasteiger partial charge in [0.15, 0.2) is 0 Å². The minimum Gasteiger partial charge on any atom is -0.326 e. The van der Waals surface area contributed by atoms with Crippen LogP contribution in [0, 0.1) is 5.92 Å². The van der Waals surface area contributed by atoms with Crippen molar-refractivity contribution in [1.29, 1.82) is 0 Å². The molecule has 5 heteroatoms. The molecule has 0 bridgehead atoms. The van der Waals surface area contributed by atoms with Crippen LogP contribution < -0.4 is 11.1 Å². The smallest absolute Gasteiger partial charge is 0.326 e. The lowest BCUT2D eigenvalue weighted by Gasteiger charge is -2.17. The Labute approximate surface area is 56.6 Å². The summed E-state index contributed by atoms with van der Waals surface area (Å²) >= 11 is 0. The normalized spacial score (nSPS) is 34.8. The summed E-state index contributed by atoms with van der Waals surface area (Å²) in [5.41, 5.74) is 5.18. The molecule has 0 aromatic carbocycles. The molecule has 0 spiro atoms. The Morgan fingerprint density at radius 3 is 2.10 bits per heavy atom. The van der Waals surface area contributed by atoms with Crippen molar-refractivity contribution >= 4 is 0 Å². The molecule has 1 aliphatic rings. The monoisotopic (exact) mass is 154 g/mol. The summed E-state index contributed by atoms with van der Waals surface area (Å²) in [6.45, 7) is 0.231. The SMILES string of the molecule is N[C@H]1CNC[C@H]1C(F)(F)F. The van der Waals surface area contributed by atoms with Crippen molar-refractivity contribution < 1.29 is 13.2 Å². The van der Waals surface area contributed by atoms with Crippen LogP contribution in [-0.2, 0) is 0 Å². The fourth-order valence-corrected chi connectivity index (χ4v) is 1.06. The van der Waals surface area contributed by atoms with Gasteiger partial charge >= 0.3 is 6.18 Å². The molecular weight excluding hydrogens is 145 g/mol. The lowest BCUT2D eigenvalue weighted by Crippen LogP contribution is -2.38. The van der Waals surface area contributed by atoms with Crippen LogP contribution in [0.25, 0.3) is 0 Å². The van der Waals surface area contributed by atoms with E-state index >= 15 is 0 Å². The Kier molecular flexibility index (Phi) is 1.87. The van der Waals surface area contributed by atoms with Gasteiger partial charge in [0.05, 0.1) is 5.92 Å². The van der Waals surface area contributed by atoms with E-state index in [4.69, 9.17) is 5.73 Å². The number of halogens is 3. The molecule has 10 heavy (non-hydrogen) atoms. The predicted molar refractivity (Wildman–Crippen MR) is 30.4 cm³/mol. The summed E-state index contributed by atoms with van der Waals surface area (Å²) in [7, 11) is 0. The Balaban J connectivity index is 2.55. The van der Waals surface area contributed by atoms with E-state index in [0.717, 1.165) is 0 Å². The number of hydrogen-bond acceptors (Lipinski definition) is 2. The maximum absolute atomic E-state index is 11.9. The molecule has 0 saturated carbocycles. The topological polar surface area (TPSA) is 38.0 Å². The van der Waals surface area contributed by atoms with Gasteiger partial charge in [0.2, 0.25) is 0 Å². The fourth-order valence-electron chi connectivity index (χ4n) is 1.06. The summed E-state index contributed by atoms with van der Waals surface area (Å²) in [6, 6.07) is -0.764. The molecule has 1 rings (SSSR count). The third kappa shape index (κ3) is 1.41. The first-order valence-electron chi connectivity index (χ1n) is 3.05. The van der Waals surface area contributed by atoms with Gasteiger partial charge in [-0.25, -0.2) is 0 Å². The molecule has 3 N–H and O–H groups in total. The van der Waals surface area contributed by atoms with Crippen molar-refractivity contribution in [3.63, 3.8) is 0 Å². The number of hydrogen-bond donors (Lipinski definition) is 2. The quantitative estimate of drug-likeness (QED) is 0.519. The molecule has 0 aromatic heterocycles. The number of nitrogens with two attached hydrogens (primary N) is 1. The van der Waals surface area contributed by atoms with E-state index in [2.05, 4.69) is 5.32 Å². The van der Waals surface area contributed by atoms with E-state index in [9.17, 15) is 13.2 Å². The van der Waals surface area contributed by atoms with Crippen LogP contribution in [-0.4, -0.2) is 25.3 Å². The molecular formula is C5H9F3N2. The first-order chi connectivity index (χ1) is 4.52. The molecule has 1 heterocycles. The number of alkyl halides is 3. The second-order valence-corrected chi connectivity index (χ2v) is 2.47. The van der Waals surface area contributed by atoms with Crippen LogP contribution in [0.3, 0.4) is 0 Å². The largest absolute Gasteiger partial charge is 0.394 e. The summed E-state index contributed by atoms with van der Waals surface area (Å²) in [5.74, 6) is -1.35. The van der Waals surface area contributed by atoms with Crippen LogP contribution in [0.5, 0.6) is 0 Å². The molecule has 60 valence electrons. The van der Waals surface area contributed by atoms with Gasteiger partial charge in [-0.15, -0.1) is 0 Å². The van der Waals surface area contributed by atoms with Crippen LogP contribution in [0.2, 0.25) is 0 Å². The van der Waals surface area contributed by atoms with Crippen LogP contribution >= 0.6 is 0 Å². The van der Waals surface area contributed by atoms with Crippen molar-refractivity contribution in [2.24, 2.45) is 11.7 Å². The summed E-state index contributed by atoms with van der Waals surface area (Å²) in [4.78, 5) is 0.